The third kappa shape index (κ3) is 5.54. The Morgan fingerprint density at radius 1 is 1.08 bits per heavy atom. The van der Waals surface area contributed by atoms with Gasteiger partial charge in [0, 0.05) is 18.7 Å². The Balaban J connectivity index is 1.86. The Morgan fingerprint density at radius 3 is 2.32 bits per heavy atom. The number of aliphatic hydroxyl groups excluding tert-OH is 1. The predicted octanol–water partition coefficient (Wildman–Crippen LogP) is 2.09. The van der Waals surface area contributed by atoms with E-state index in [1.54, 1.807) is 24.3 Å². The van der Waals surface area contributed by atoms with Crippen LogP contribution in [0.2, 0.25) is 0 Å². The summed E-state index contributed by atoms with van der Waals surface area (Å²) in [5, 5.41) is 15.3. The van der Waals surface area contributed by atoms with E-state index in [1.165, 1.54) is 30.3 Å². The van der Waals surface area contributed by atoms with Gasteiger partial charge in [-0.25, -0.2) is 4.39 Å². The monoisotopic (exact) mass is 342 g/mol. The van der Waals surface area contributed by atoms with E-state index in [0.29, 0.717) is 17.7 Å². The molecule has 0 fully saturated rings. The minimum Gasteiger partial charge on any atom is -0.387 e. The van der Waals surface area contributed by atoms with Crippen LogP contribution in [0.15, 0.2) is 61.2 Å². The molecule has 0 heterocycles. The molecule has 0 aliphatic rings. The van der Waals surface area contributed by atoms with Gasteiger partial charge in [0.1, 0.15) is 5.82 Å². The highest BCUT2D eigenvalue weighted by atomic mass is 19.1. The zero-order valence-corrected chi connectivity index (χ0v) is 13.5. The molecule has 0 aromatic heterocycles. The second-order valence-electron chi connectivity index (χ2n) is 5.40. The van der Waals surface area contributed by atoms with Crippen molar-refractivity contribution in [2.24, 2.45) is 0 Å². The lowest BCUT2D eigenvalue weighted by atomic mass is 10.1. The average molecular weight is 342 g/mol. The van der Waals surface area contributed by atoms with Crippen molar-refractivity contribution in [3.05, 3.63) is 83.7 Å². The molecular weight excluding hydrogens is 323 g/mol. The van der Waals surface area contributed by atoms with E-state index in [-0.39, 0.29) is 24.2 Å². The molecule has 130 valence electrons. The Bertz CT molecular complexity index is 742. The summed E-state index contributed by atoms with van der Waals surface area (Å²) in [5.41, 5.74) is 1.80. The number of nitrogens with one attached hydrogen (secondary N) is 2. The first-order valence-corrected chi connectivity index (χ1v) is 7.70. The summed E-state index contributed by atoms with van der Waals surface area (Å²) in [6.07, 6.45) is 0.270. The molecule has 0 saturated heterocycles. The van der Waals surface area contributed by atoms with Crippen molar-refractivity contribution in [3.8, 4) is 0 Å². The van der Waals surface area contributed by atoms with Crippen LogP contribution in [-0.4, -0.2) is 23.5 Å². The van der Waals surface area contributed by atoms with Gasteiger partial charge < -0.3 is 15.7 Å². The van der Waals surface area contributed by atoms with Gasteiger partial charge in [0.05, 0.1) is 6.10 Å². The molecule has 0 bridgehead atoms. The standard InChI is InChI=1S/C19H19FN2O3/c1-2-18(24)21-11-13-3-5-15(6-4-13)19(25)22-12-17(23)14-7-9-16(20)10-8-14/h2-10,17,23H,1,11-12H2,(H,21,24)(H,22,25). The maximum absolute atomic E-state index is 12.9. The van der Waals surface area contributed by atoms with Gasteiger partial charge in [-0.3, -0.25) is 9.59 Å². The van der Waals surface area contributed by atoms with Gasteiger partial charge in [0.2, 0.25) is 5.91 Å². The molecule has 0 spiro atoms. The Morgan fingerprint density at radius 2 is 1.72 bits per heavy atom. The summed E-state index contributed by atoms with van der Waals surface area (Å²) >= 11 is 0. The molecule has 2 aromatic carbocycles. The fourth-order valence-corrected chi connectivity index (χ4v) is 2.13. The van der Waals surface area contributed by atoms with Crippen molar-refractivity contribution in [2.45, 2.75) is 12.6 Å². The molecule has 2 amide bonds. The maximum Gasteiger partial charge on any atom is 0.251 e. The zero-order chi connectivity index (χ0) is 18.2. The molecule has 0 aliphatic carbocycles. The number of aliphatic hydroxyl groups is 1. The van der Waals surface area contributed by atoms with Crippen LogP contribution < -0.4 is 10.6 Å². The molecule has 5 nitrogen and oxygen atoms in total. The molecule has 0 radical (unpaired) electrons. The molecule has 3 N–H and O–H groups in total. The molecule has 25 heavy (non-hydrogen) atoms. The highest BCUT2D eigenvalue weighted by Crippen LogP contribution is 2.13. The molecule has 2 aromatic rings. The van der Waals surface area contributed by atoms with E-state index in [1.807, 2.05) is 0 Å². The lowest BCUT2D eigenvalue weighted by molar-refractivity contribution is -0.116. The lowest BCUT2D eigenvalue weighted by Gasteiger charge is -2.12. The third-order valence-electron chi connectivity index (χ3n) is 3.58. The van der Waals surface area contributed by atoms with Crippen LogP contribution in [0.4, 0.5) is 4.39 Å². The Kier molecular flexibility index (Phi) is 6.42. The maximum atomic E-state index is 12.9. The Labute approximate surface area is 145 Å². The predicted molar refractivity (Wildman–Crippen MR) is 92.2 cm³/mol. The number of carbonyl (C=O) groups excluding carboxylic acids is 2. The minimum absolute atomic E-state index is 0.0155. The summed E-state index contributed by atoms with van der Waals surface area (Å²) in [5.74, 6) is -0.983. The normalized spacial score (nSPS) is 11.4. The van der Waals surface area contributed by atoms with Crippen LogP contribution in [0, 0.1) is 5.82 Å². The smallest absolute Gasteiger partial charge is 0.251 e. The van der Waals surface area contributed by atoms with E-state index in [2.05, 4.69) is 17.2 Å². The second-order valence-corrected chi connectivity index (χ2v) is 5.40. The zero-order valence-electron chi connectivity index (χ0n) is 13.5. The molecule has 0 aliphatic heterocycles. The molecular formula is C19H19FN2O3. The summed E-state index contributed by atoms with van der Waals surface area (Å²) < 4.78 is 12.9. The first-order valence-electron chi connectivity index (χ1n) is 7.70. The second kappa shape index (κ2) is 8.75. The van der Waals surface area contributed by atoms with Gasteiger partial charge in [0.15, 0.2) is 0 Å². The van der Waals surface area contributed by atoms with Crippen LogP contribution in [0.25, 0.3) is 0 Å². The molecule has 6 heteroatoms. The SMILES string of the molecule is C=CC(=O)NCc1ccc(C(=O)NCC(O)c2ccc(F)cc2)cc1. The average Bonchev–Trinajstić information content (AvgIpc) is 2.64. The van der Waals surface area contributed by atoms with Gasteiger partial charge in [-0.2, -0.15) is 0 Å². The fourth-order valence-electron chi connectivity index (χ4n) is 2.13. The number of carbonyl (C=O) groups is 2. The number of hydrogen-bond donors (Lipinski definition) is 3. The fraction of sp³-hybridized carbons (Fsp3) is 0.158. The van der Waals surface area contributed by atoms with Crippen molar-refractivity contribution < 1.29 is 19.1 Å². The summed E-state index contributed by atoms with van der Waals surface area (Å²) in [7, 11) is 0. The minimum atomic E-state index is -0.919. The lowest BCUT2D eigenvalue weighted by Crippen LogP contribution is -2.28. The van der Waals surface area contributed by atoms with Crippen LogP contribution in [0.1, 0.15) is 27.6 Å². The van der Waals surface area contributed by atoms with Gasteiger partial charge in [-0.1, -0.05) is 30.8 Å². The van der Waals surface area contributed by atoms with Gasteiger partial charge in [-0.15, -0.1) is 0 Å². The van der Waals surface area contributed by atoms with Crippen LogP contribution >= 0.6 is 0 Å². The van der Waals surface area contributed by atoms with Gasteiger partial charge >= 0.3 is 0 Å². The largest absolute Gasteiger partial charge is 0.387 e. The highest BCUT2D eigenvalue weighted by molar-refractivity contribution is 5.94. The number of halogens is 1. The van der Waals surface area contributed by atoms with E-state index < -0.39 is 6.10 Å². The quantitative estimate of drug-likeness (QED) is 0.674. The highest BCUT2D eigenvalue weighted by Gasteiger charge is 2.11. The van der Waals surface area contributed by atoms with Crippen molar-refractivity contribution in [3.63, 3.8) is 0 Å². The van der Waals surface area contributed by atoms with Crippen molar-refractivity contribution in [1.29, 1.82) is 0 Å². The summed E-state index contributed by atoms with van der Waals surface area (Å²) in [6.45, 7) is 3.73. The first kappa shape index (κ1) is 18.4. The van der Waals surface area contributed by atoms with E-state index in [0.717, 1.165) is 5.56 Å². The molecule has 0 saturated carbocycles. The molecule has 1 unspecified atom stereocenters. The topological polar surface area (TPSA) is 78.4 Å². The van der Waals surface area contributed by atoms with Crippen molar-refractivity contribution in [1.82, 2.24) is 10.6 Å². The summed E-state index contributed by atoms with van der Waals surface area (Å²) in [4.78, 5) is 23.2. The number of benzene rings is 2. The number of amides is 2. The van der Waals surface area contributed by atoms with Crippen molar-refractivity contribution in [2.75, 3.05) is 6.54 Å². The molecule has 2 rings (SSSR count). The number of hydrogen-bond acceptors (Lipinski definition) is 3. The Hall–Kier alpha value is -2.99. The van der Waals surface area contributed by atoms with E-state index in [9.17, 15) is 19.1 Å². The third-order valence-corrected chi connectivity index (χ3v) is 3.58. The number of rotatable bonds is 7. The first-order chi connectivity index (χ1) is 12.0. The van der Waals surface area contributed by atoms with E-state index in [4.69, 9.17) is 0 Å². The summed E-state index contributed by atoms with van der Waals surface area (Å²) in [6, 6.07) is 12.2. The van der Waals surface area contributed by atoms with Gasteiger partial charge in [-0.05, 0) is 41.5 Å². The van der Waals surface area contributed by atoms with Crippen LogP contribution in [0.3, 0.4) is 0 Å². The van der Waals surface area contributed by atoms with Crippen LogP contribution in [-0.2, 0) is 11.3 Å². The van der Waals surface area contributed by atoms with Crippen molar-refractivity contribution >= 4 is 11.8 Å². The molecule has 1 atom stereocenters. The van der Waals surface area contributed by atoms with Gasteiger partial charge in [0.25, 0.3) is 5.91 Å². The van der Waals surface area contributed by atoms with Crippen LogP contribution in [0.5, 0.6) is 0 Å². The van der Waals surface area contributed by atoms with E-state index >= 15 is 0 Å².